The van der Waals surface area contributed by atoms with Gasteiger partial charge < -0.3 is 30.5 Å². The summed E-state index contributed by atoms with van der Waals surface area (Å²) < 4.78 is 48.1. The minimum absolute atomic E-state index is 0.00697. The smallest absolute Gasteiger partial charge is 0.422 e. The van der Waals surface area contributed by atoms with Gasteiger partial charge in [-0.2, -0.15) is 28.1 Å². The summed E-state index contributed by atoms with van der Waals surface area (Å²) in [5.74, 6) is -2.17. The van der Waals surface area contributed by atoms with Crippen molar-refractivity contribution in [2.24, 2.45) is 5.41 Å². The average Bonchev–Trinajstić information content (AvgIpc) is 3.64. The Labute approximate surface area is 282 Å². The highest BCUT2D eigenvalue weighted by molar-refractivity contribution is 6.39. The van der Waals surface area contributed by atoms with E-state index in [0.29, 0.717) is 16.3 Å². The molecule has 0 spiro atoms. The minimum atomic E-state index is -4.61. The highest BCUT2D eigenvalue weighted by Gasteiger charge is 2.45. The molecule has 14 nitrogen and oxygen atoms in total. The molecule has 49 heavy (non-hydrogen) atoms. The number of anilines is 4. The number of benzene rings is 2. The molecule has 0 aliphatic heterocycles. The van der Waals surface area contributed by atoms with Crippen LogP contribution in [0.1, 0.15) is 42.6 Å². The molecule has 2 heterocycles. The van der Waals surface area contributed by atoms with Crippen molar-refractivity contribution in [3.05, 3.63) is 77.0 Å². The lowest BCUT2D eigenvalue weighted by atomic mass is 9.93. The summed E-state index contributed by atoms with van der Waals surface area (Å²) in [7, 11) is 0. The van der Waals surface area contributed by atoms with Gasteiger partial charge in [-0.1, -0.05) is 42.7 Å². The summed E-state index contributed by atoms with van der Waals surface area (Å²) in [6.45, 7) is 2.24. The number of ether oxygens (including phenoxy) is 1. The van der Waals surface area contributed by atoms with Gasteiger partial charge >= 0.3 is 24.0 Å². The lowest BCUT2D eigenvalue weighted by molar-refractivity contribution is -0.154. The van der Waals surface area contributed by atoms with Crippen molar-refractivity contribution in [3.8, 4) is 6.01 Å². The number of rotatable bonds is 13. The number of carbonyl (C=O) groups excluding carboxylic acids is 3. The molecule has 0 saturated heterocycles. The number of aromatic nitrogens is 4. The zero-order valence-electron chi connectivity index (χ0n) is 26.2. The van der Waals surface area contributed by atoms with E-state index in [-0.39, 0.29) is 30.8 Å². The van der Waals surface area contributed by atoms with Crippen molar-refractivity contribution in [1.29, 1.82) is 0 Å². The standard InChI is InChI=1S/C31H31ClF3N9O5/c1-29(2,16-37-24(46)25(47)39-22-11-14-49-44-22)15-36-23(45)18-3-9-21(10-4-18)38-26-40-27(42-28(41-26)48-17-31(33,34)35)43-30(12-13-30)19-5-7-20(32)8-6-19/h3-11,14H,12-13,15-17H2,1-2H3,(H,36,45)(H,37,46)(H,39,44,47)(H2,38,40,41,42,43). The number of halogens is 4. The molecule has 3 amide bonds. The van der Waals surface area contributed by atoms with E-state index in [1.165, 1.54) is 24.5 Å². The topological polar surface area (TPSA) is 185 Å². The number of hydrogen-bond acceptors (Lipinski definition) is 11. The van der Waals surface area contributed by atoms with Crippen molar-refractivity contribution < 1.29 is 36.8 Å². The third-order valence-electron chi connectivity index (χ3n) is 7.22. The van der Waals surface area contributed by atoms with Crippen LogP contribution in [-0.2, 0) is 15.1 Å². The quantitative estimate of drug-likeness (QED) is 0.121. The summed E-state index contributed by atoms with van der Waals surface area (Å²) in [5, 5.41) is 17.8. The largest absolute Gasteiger partial charge is 0.454 e. The molecule has 1 saturated carbocycles. The lowest BCUT2D eigenvalue weighted by Gasteiger charge is -2.25. The van der Waals surface area contributed by atoms with Crippen molar-refractivity contribution in [2.45, 2.75) is 38.4 Å². The fourth-order valence-corrected chi connectivity index (χ4v) is 4.57. The van der Waals surface area contributed by atoms with E-state index in [1.807, 2.05) is 12.1 Å². The first kappa shape index (κ1) is 34.9. The van der Waals surface area contributed by atoms with Crippen molar-refractivity contribution in [1.82, 2.24) is 30.7 Å². The highest BCUT2D eigenvalue weighted by Crippen LogP contribution is 2.48. The number of amides is 3. The van der Waals surface area contributed by atoms with Crippen LogP contribution in [0.3, 0.4) is 0 Å². The van der Waals surface area contributed by atoms with Crippen LogP contribution in [0.2, 0.25) is 5.02 Å². The van der Waals surface area contributed by atoms with Gasteiger partial charge in [-0.15, -0.1) is 0 Å². The molecule has 0 unspecified atom stereocenters. The molecule has 1 fully saturated rings. The van der Waals surface area contributed by atoms with Crippen LogP contribution in [-0.4, -0.2) is 63.7 Å². The summed E-state index contributed by atoms with van der Waals surface area (Å²) in [6, 6.07) is 14.2. The predicted molar refractivity (Wildman–Crippen MR) is 171 cm³/mol. The van der Waals surface area contributed by atoms with Crippen LogP contribution >= 0.6 is 11.6 Å². The monoisotopic (exact) mass is 701 g/mol. The van der Waals surface area contributed by atoms with Gasteiger partial charge in [0, 0.05) is 35.4 Å². The molecular weight excluding hydrogens is 671 g/mol. The first-order valence-electron chi connectivity index (χ1n) is 14.8. The highest BCUT2D eigenvalue weighted by atomic mass is 35.5. The van der Waals surface area contributed by atoms with Crippen molar-refractivity contribution in [3.63, 3.8) is 0 Å². The molecule has 1 aliphatic carbocycles. The molecular formula is C31H31ClF3N9O5. The lowest BCUT2D eigenvalue weighted by Crippen LogP contribution is -2.45. The van der Waals surface area contributed by atoms with Crippen molar-refractivity contribution >= 4 is 52.7 Å². The maximum absolute atomic E-state index is 12.9. The van der Waals surface area contributed by atoms with Gasteiger partial charge in [0.15, 0.2) is 12.4 Å². The van der Waals surface area contributed by atoms with Gasteiger partial charge in [-0.05, 0) is 60.2 Å². The Kier molecular flexibility index (Phi) is 10.2. The molecule has 1 aliphatic rings. The Morgan fingerprint density at radius 1 is 0.898 bits per heavy atom. The first-order valence-corrected chi connectivity index (χ1v) is 15.2. The number of nitrogens with zero attached hydrogens (tertiary/aromatic N) is 4. The molecule has 4 aromatic rings. The van der Waals surface area contributed by atoms with E-state index >= 15 is 0 Å². The van der Waals surface area contributed by atoms with E-state index in [1.54, 1.807) is 38.1 Å². The molecule has 2 aromatic heterocycles. The average molecular weight is 702 g/mol. The van der Waals surface area contributed by atoms with Gasteiger partial charge in [0.1, 0.15) is 6.26 Å². The normalized spacial score (nSPS) is 13.6. The third kappa shape index (κ3) is 10.0. The van der Waals surface area contributed by atoms with Crippen LogP contribution in [0.25, 0.3) is 0 Å². The van der Waals surface area contributed by atoms with Crippen molar-refractivity contribution in [2.75, 3.05) is 35.6 Å². The Morgan fingerprint density at radius 3 is 2.20 bits per heavy atom. The number of nitrogens with one attached hydrogen (secondary N) is 5. The molecule has 2 aromatic carbocycles. The number of alkyl halides is 3. The third-order valence-corrected chi connectivity index (χ3v) is 7.47. The molecule has 5 rings (SSSR count). The summed E-state index contributed by atoms with van der Waals surface area (Å²) in [4.78, 5) is 49.3. The van der Waals surface area contributed by atoms with E-state index in [2.05, 4.69) is 51.2 Å². The predicted octanol–water partition coefficient (Wildman–Crippen LogP) is 4.81. The van der Waals surface area contributed by atoms with E-state index in [4.69, 9.17) is 16.3 Å². The number of carbonyl (C=O) groups is 3. The maximum Gasteiger partial charge on any atom is 0.422 e. The van der Waals surface area contributed by atoms with Crippen LogP contribution in [0.5, 0.6) is 6.01 Å². The van der Waals surface area contributed by atoms with Crippen LogP contribution in [0.4, 0.5) is 36.6 Å². The Balaban J connectivity index is 1.19. The van der Waals surface area contributed by atoms with Gasteiger partial charge in [-0.3, -0.25) is 19.7 Å². The van der Waals surface area contributed by atoms with Crippen LogP contribution in [0.15, 0.2) is 65.4 Å². The number of hydrogen-bond donors (Lipinski definition) is 5. The Morgan fingerprint density at radius 2 is 1.57 bits per heavy atom. The second-order valence-electron chi connectivity index (χ2n) is 12.0. The minimum Gasteiger partial charge on any atom is -0.454 e. The zero-order valence-corrected chi connectivity index (χ0v) is 26.9. The van der Waals surface area contributed by atoms with Crippen LogP contribution < -0.4 is 31.3 Å². The fraction of sp³-hybridized carbons (Fsp3) is 0.323. The summed E-state index contributed by atoms with van der Waals surface area (Å²) in [5.41, 5.74) is 0.513. The molecule has 18 heteroatoms. The van der Waals surface area contributed by atoms with Crippen LogP contribution in [0, 0.1) is 5.41 Å². The van der Waals surface area contributed by atoms with E-state index in [0.717, 1.165) is 18.4 Å². The summed E-state index contributed by atoms with van der Waals surface area (Å²) in [6.07, 6.45) is -1.89. The SMILES string of the molecule is CC(C)(CNC(=O)C(=O)Nc1ccon1)CNC(=O)c1ccc(Nc2nc(NC3(c4ccc(Cl)cc4)CC3)nc(OCC(F)(F)F)n2)cc1. The molecule has 0 radical (unpaired) electrons. The fourth-order valence-electron chi connectivity index (χ4n) is 4.44. The van der Waals surface area contributed by atoms with E-state index < -0.39 is 47.5 Å². The maximum atomic E-state index is 12.9. The Hall–Kier alpha value is -5.45. The summed E-state index contributed by atoms with van der Waals surface area (Å²) >= 11 is 6.02. The molecule has 0 atom stereocenters. The van der Waals surface area contributed by atoms with Gasteiger partial charge in [0.25, 0.3) is 5.91 Å². The second-order valence-corrected chi connectivity index (χ2v) is 12.4. The van der Waals surface area contributed by atoms with Gasteiger partial charge in [0.05, 0.1) is 5.54 Å². The second kappa shape index (κ2) is 14.3. The molecule has 5 N–H and O–H groups in total. The van der Waals surface area contributed by atoms with Gasteiger partial charge in [0.2, 0.25) is 11.9 Å². The van der Waals surface area contributed by atoms with Gasteiger partial charge in [-0.25, -0.2) is 0 Å². The molecule has 0 bridgehead atoms. The Bertz CT molecular complexity index is 1780. The first-order chi connectivity index (χ1) is 23.2. The molecule has 258 valence electrons. The van der Waals surface area contributed by atoms with E-state index in [9.17, 15) is 27.6 Å². The zero-order chi connectivity index (χ0) is 35.2.